The molecule has 1 aromatic heterocycles. The Hall–Kier alpha value is -2.76. The molecule has 0 bridgehead atoms. The van der Waals surface area contributed by atoms with Crippen LogP contribution in [0.15, 0.2) is 64.6 Å². The highest BCUT2D eigenvalue weighted by atomic mass is 32.2. The SMILES string of the molecule is CN(Cc1ccccc1)S(=O)(=O)c1ccc(NC(=O)CSc2nnnn2C(C)(C)C)cc1. The van der Waals surface area contributed by atoms with Crippen molar-refractivity contribution in [2.75, 3.05) is 18.1 Å². The summed E-state index contributed by atoms with van der Waals surface area (Å²) in [4.78, 5) is 12.5. The third-order valence-electron chi connectivity index (χ3n) is 4.50. The minimum atomic E-state index is -3.65. The van der Waals surface area contributed by atoms with E-state index in [0.717, 1.165) is 5.56 Å². The second kappa shape index (κ2) is 9.80. The number of tetrazole rings is 1. The fourth-order valence-electron chi connectivity index (χ4n) is 2.83. The molecule has 0 unspecified atom stereocenters. The zero-order valence-corrected chi connectivity index (χ0v) is 20.0. The van der Waals surface area contributed by atoms with Gasteiger partial charge in [-0.2, -0.15) is 4.31 Å². The lowest BCUT2D eigenvalue weighted by molar-refractivity contribution is -0.113. The van der Waals surface area contributed by atoms with E-state index >= 15 is 0 Å². The van der Waals surface area contributed by atoms with E-state index < -0.39 is 10.0 Å². The number of hydrogen-bond acceptors (Lipinski definition) is 7. The lowest BCUT2D eigenvalue weighted by Gasteiger charge is -2.19. The number of carbonyl (C=O) groups excluding carboxylic acids is 1. The summed E-state index contributed by atoms with van der Waals surface area (Å²) in [5.41, 5.74) is 1.12. The van der Waals surface area contributed by atoms with Crippen molar-refractivity contribution in [3.05, 3.63) is 60.2 Å². The Bertz CT molecular complexity index is 1160. The van der Waals surface area contributed by atoms with Crippen LogP contribution in [0.5, 0.6) is 0 Å². The number of carbonyl (C=O) groups is 1. The van der Waals surface area contributed by atoms with E-state index in [1.807, 2.05) is 51.1 Å². The topological polar surface area (TPSA) is 110 Å². The lowest BCUT2D eigenvalue weighted by Crippen LogP contribution is -2.26. The number of thioether (sulfide) groups is 1. The minimum Gasteiger partial charge on any atom is -0.325 e. The summed E-state index contributed by atoms with van der Waals surface area (Å²) in [7, 11) is -2.11. The number of sulfonamides is 1. The predicted molar refractivity (Wildman–Crippen MR) is 124 cm³/mol. The van der Waals surface area contributed by atoms with Gasteiger partial charge in [-0.3, -0.25) is 4.79 Å². The van der Waals surface area contributed by atoms with Crippen LogP contribution in [0.2, 0.25) is 0 Å². The first-order valence-corrected chi connectivity index (χ1v) is 12.3. The van der Waals surface area contributed by atoms with E-state index in [1.165, 1.54) is 28.2 Å². The Morgan fingerprint density at radius 2 is 1.75 bits per heavy atom. The number of amides is 1. The molecule has 1 heterocycles. The molecule has 2 aromatic carbocycles. The standard InChI is InChI=1S/C21H26N6O3S2/c1-21(2,3)27-20(23-24-25-27)31-15-19(28)22-17-10-12-18(13-11-17)32(29,30)26(4)14-16-8-6-5-7-9-16/h5-13H,14-15H2,1-4H3,(H,22,28). The van der Waals surface area contributed by atoms with Crippen LogP contribution in [-0.4, -0.2) is 51.6 Å². The fourth-order valence-corrected chi connectivity index (χ4v) is 4.85. The monoisotopic (exact) mass is 474 g/mol. The van der Waals surface area contributed by atoms with E-state index in [2.05, 4.69) is 20.8 Å². The average Bonchev–Trinajstić information content (AvgIpc) is 3.23. The van der Waals surface area contributed by atoms with E-state index in [-0.39, 0.29) is 28.6 Å². The maximum absolute atomic E-state index is 12.8. The number of nitrogens with zero attached hydrogens (tertiary/aromatic N) is 5. The minimum absolute atomic E-state index is 0.121. The molecule has 170 valence electrons. The van der Waals surface area contributed by atoms with Gasteiger partial charge < -0.3 is 5.32 Å². The quantitative estimate of drug-likeness (QED) is 0.500. The highest BCUT2D eigenvalue weighted by Gasteiger charge is 2.22. The molecule has 3 rings (SSSR count). The molecule has 0 aliphatic heterocycles. The van der Waals surface area contributed by atoms with Gasteiger partial charge in [-0.15, -0.1) is 5.10 Å². The van der Waals surface area contributed by atoms with Crippen molar-refractivity contribution in [3.63, 3.8) is 0 Å². The zero-order chi connectivity index (χ0) is 23.4. The molecule has 1 N–H and O–H groups in total. The van der Waals surface area contributed by atoms with E-state index in [4.69, 9.17) is 0 Å². The fraction of sp³-hybridized carbons (Fsp3) is 0.333. The second-order valence-electron chi connectivity index (χ2n) is 8.15. The van der Waals surface area contributed by atoms with Crippen molar-refractivity contribution in [1.82, 2.24) is 24.5 Å². The van der Waals surface area contributed by atoms with Crippen LogP contribution in [0.25, 0.3) is 0 Å². The summed E-state index contributed by atoms with van der Waals surface area (Å²) in [6, 6.07) is 15.5. The number of hydrogen-bond donors (Lipinski definition) is 1. The molecule has 0 saturated carbocycles. The van der Waals surface area contributed by atoms with Gasteiger partial charge in [-0.25, -0.2) is 13.1 Å². The summed E-state index contributed by atoms with van der Waals surface area (Å²) in [6.45, 7) is 6.19. The van der Waals surface area contributed by atoms with Gasteiger partial charge in [0.05, 0.1) is 16.2 Å². The van der Waals surface area contributed by atoms with Crippen molar-refractivity contribution >= 4 is 33.4 Å². The largest absolute Gasteiger partial charge is 0.325 e. The third kappa shape index (κ3) is 5.93. The van der Waals surface area contributed by atoms with Crippen molar-refractivity contribution in [3.8, 4) is 0 Å². The first kappa shape index (κ1) is 23.9. The number of rotatable bonds is 8. The van der Waals surface area contributed by atoms with Gasteiger partial charge in [0.25, 0.3) is 0 Å². The molecule has 0 saturated heterocycles. The summed E-state index contributed by atoms with van der Waals surface area (Å²) in [5, 5.41) is 14.9. The molecule has 1 amide bonds. The summed E-state index contributed by atoms with van der Waals surface area (Å²) < 4.78 is 28.6. The van der Waals surface area contributed by atoms with Crippen LogP contribution >= 0.6 is 11.8 Å². The van der Waals surface area contributed by atoms with Gasteiger partial charge in [-0.05, 0) is 61.0 Å². The first-order chi connectivity index (χ1) is 15.1. The van der Waals surface area contributed by atoms with Crippen LogP contribution in [-0.2, 0) is 26.9 Å². The van der Waals surface area contributed by atoms with Crippen molar-refractivity contribution in [2.24, 2.45) is 0 Å². The highest BCUT2D eigenvalue weighted by molar-refractivity contribution is 7.99. The smallest absolute Gasteiger partial charge is 0.243 e. The number of aromatic nitrogens is 4. The molecule has 0 spiro atoms. The Morgan fingerprint density at radius 3 is 2.38 bits per heavy atom. The molecule has 0 aliphatic rings. The number of anilines is 1. The maximum atomic E-state index is 12.8. The molecular formula is C21H26N6O3S2. The van der Waals surface area contributed by atoms with Gasteiger partial charge in [0.15, 0.2) is 0 Å². The normalized spacial score (nSPS) is 12.2. The van der Waals surface area contributed by atoms with E-state index in [0.29, 0.717) is 10.8 Å². The van der Waals surface area contributed by atoms with Gasteiger partial charge in [0, 0.05) is 19.3 Å². The Morgan fingerprint density at radius 1 is 1.09 bits per heavy atom. The molecular weight excluding hydrogens is 448 g/mol. The van der Waals surface area contributed by atoms with Crippen LogP contribution < -0.4 is 5.32 Å². The second-order valence-corrected chi connectivity index (χ2v) is 11.1. The van der Waals surface area contributed by atoms with Crippen LogP contribution in [0.1, 0.15) is 26.3 Å². The predicted octanol–water partition coefficient (Wildman–Crippen LogP) is 2.98. The van der Waals surface area contributed by atoms with Gasteiger partial charge in [0.1, 0.15) is 0 Å². The molecule has 3 aromatic rings. The van der Waals surface area contributed by atoms with Gasteiger partial charge in [0.2, 0.25) is 21.1 Å². The van der Waals surface area contributed by atoms with E-state index in [9.17, 15) is 13.2 Å². The molecule has 0 aliphatic carbocycles. The highest BCUT2D eigenvalue weighted by Crippen LogP contribution is 2.22. The summed E-state index contributed by atoms with van der Waals surface area (Å²) in [6.07, 6.45) is 0. The summed E-state index contributed by atoms with van der Waals surface area (Å²) >= 11 is 1.23. The molecule has 11 heteroatoms. The molecule has 9 nitrogen and oxygen atoms in total. The first-order valence-electron chi connectivity index (χ1n) is 9.89. The molecule has 0 atom stereocenters. The van der Waals surface area contributed by atoms with Crippen molar-refractivity contribution in [2.45, 2.75) is 42.9 Å². The average molecular weight is 475 g/mol. The third-order valence-corrected chi connectivity index (χ3v) is 7.24. The van der Waals surface area contributed by atoms with Crippen LogP contribution in [0.4, 0.5) is 5.69 Å². The lowest BCUT2D eigenvalue weighted by atomic mass is 10.1. The Labute approximate surface area is 192 Å². The van der Waals surface area contributed by atoms with E-state index in [1.54, 1.807) is 23.9 Å². The Kier molecular flexibility index (Phi) is 7.32. The Balaban J connectivity index is 1.59. The number of benzene rings is 2. The maximum Gasteiger partial charge on any atom is 0.243 e. The molecule has 32 heavy (non-hydrogen) atoms. The van der Waals surface area contributed by atoms with Crippen molar-refractivity contribution in [1.29, 1.82) is 0 Å². The van der Waals surface area contributed by atoms with Gasteiger partial charge >= 0.3 is 0 Å². The molecule has 0 fully saturated rings. The van der Waals surface area contributed by atoms with Crippen LogP contribution in [0.3, 0.4) is 0 Å². The van der Waals surface area contributed by atoms with Crippen LogP contribution in [0, 0.1) is 0 Å². The molecule has 0 radical (unpaired) electrons. The zero-order valence-electron chi connectivity index (χ0n) is 18.4. The summed E-state index contributed by atoms with van der Waals surface area (Å²) in [5.74, 6) is -0.119. The van der Waals surface area contributed by atoms with Gasteiger partial charge in [-0.1, -0.05) is 42.1 Å². The number of nitrogens with one attached hydrogen (secondary N) is 1. The van der Waals surface area contributed by atoms with Crippen molar-refractivity contribution < 1.29 is 13.2 Å².